The van der Waals surface area contributed by atoms with E-state index in [4.69, 9.17) is 4.74 Å². The van der Waals surface area contributed by atoms with E-state index in [2.05, 4.69) is 17.5 Å². The fourth-order valence-corrected chi connectivity index (χ4v) is 3.17. The zero-order chi connectivity index (χ0) is 12.8. The predicted octanol–water partition coefficient (Wildman–Crippen LogP) is 2.81. The predicted molar refractivity (Wildman–Crippen MR) is 72.3 cm³/mol. The highest BCUT2D eigenvalue weighted by molar-refractivity contribution is 5.76. The molecule has 0 aromatic rings. The molecule has 0 radical (unpaired) electrons. The van der Waals surface area contributed by atoms with Crippen LogP contribution in [0.3, 0.4) is 0 Å². The van der Waals surface area contributed by atoms with Gasteiger partial charge in [-0.2, -0.15) is 0 Å². The van der Waals surface area contributed by atoms with Gasteiger partial charge in [0.1, 0.15) is 6.04 Å². The van der Waals surface area contributed by atoms with Gasteiger partial charge < -0.3 is 10.1 Å². The minimum atomic E-state index is -0.108. The van der Waals surface area contributed by atoms with E-state index in [1.54, 1.807) is 0 Å². The smallest absolute Gasteiger partial charge is 0.323 e. The number of hydrogen-bond donors (Lipinski definition) is 1. The maximum absolute atomic E-state index is 12.0. The molecular formula is C15H25NO2. The number of methoxy groups -OCH3 is 1. The van der Waals surface area contributed by atoms with Crippen LogP contribution in [0.1, 0.15) is 51.4 Å². The first-order valence-electron chi connectivity index (χ1n) is 7.30. The maximum atomic E-state index is 12.0. The molecule has 0 saturated heterocycles. The van der Waals surface area contributed by atoms with Gasteiger partial charge in [-0.15, -0.1) is 0 Å². The Balaban J connectivity index is 1.95. The standard InChI is InChI=1S/C15H25NO2/c1-18-15(17)14(12-8-4-2-5-9-12)16-13-10-6-3-7-11-13/h2,4,12-14,16H,3,5-11H2,1H3. The van der Waals surface area contributed by atoms with E-state index in [-0.39, 0.29) is 12.0 Å². The molecule has 0 aromatic heterocycles. The van der Waals surface area contributed by atoms with E-state index in [0.29, 0.717) is 12.0 Å². The molecule has 2 aliphatic carbocycles. The van der Waals surface area contributed by atoms with Crippen LogP contribution >= 0.6 is 0 Å². The van der Waals surface area contributed by atoms with Crippen LogP contribution in [-0.4, -0.2) is 25.2 Å². The van der Waals surface area contributed by atoms with Crippen molar-refractivity contribution < 1.29 is 9.53 Å². The average Bonchev–Trinajstić information content (AvgIpc) is 2.46. The van der Waals surface area contributed by atoms with Crippen molar-refractivity contribution in [2.24, 2.45) is 5.92 Å². The lowest BCUT2D eigenvalue weighted by atomic mass is 9.86. The lowest BCUT2D eigenvalue weighted by molar-refractivity contribution is -0.145. The van der Waals surface area contributed by atoms with E-state index in [0.717, 1.165) is 19.3 Å². The van der Waals surface area contributed by atoms with Crippen molar-refractivity contribution in [2.75, 3.05) is 7.11 Å². The summed E-state index contributed by atoms with van der Waals surface area (Å²) >= 11 is 0. The Labute approximate surface area is 110 Å². The number of rotatable bonds is 4. The molecule has 0 spiro atoms. The van der Waals surface area contributed by atoms with Crippen LogP contribution in [-0.2, 0) is 9.53 Å². The lowest BCUT2D eigenvalue weighted by Crippen LogP contribution is -2.49. The largest absolute Gasteiger partial charge is 0.468 e. The number of carbonyl (C=O) groups is 1. The molecular weight excluding hydrogens is 226 g/mol. The van der Waals surface area contributed by atoms with Crippen LogP contribution in [0.2, 0.25) is 0 Å². The van der Waals surface area contributed by atoms with E-state index in [9.17, 15) is 4.79 Å². The van der Waals surface area contributed by atoms with E-state index >= 15 is 0 Å². The van der Waals surface area contributed by atoms with Gasteiger partial charge in [0.2, 0.25) is 0 Å². The molecule has 0 bridgehead atoms. The summed E-state index contributed by atoms with van der Waals surface area (Å²) in [5.41, 5.74) is 0. The van der Waals surface area contributed by atoms with Crippen LogP contribution in [0.25, 0.3) is 0 Å². The second-order valence-corrected chi connectivity index (χ2v) is 5.55. The van der Waals surface area contributed by atoms with Crippen LogP contribution in [0, 0.1) is 5.92 Å². The first-order valence-corrected chi connectivity index (χ1v) is 7.30. The van der Waals surface area contributed by atoms with Crippen LogP contribution < -0.4 is 5.32 Å². The molecule has 1 saturated carbocycles. The monoisotopic (exact) mass is 251 g/mol. The Morgan fingerprint density at radius 2 is 2.00 bits per heavy atom. The Kier molecular flexibility index (Phi) is 5.24. The topological polar surface area (TPSA) is 38.3 Å². The summed E-state index contributed by atoms with van der Waals surface area (Å²) in [4.78, 5) is 12.0. The van der Waals surface area contributed by atoms with E-state index in [1.807, 2.05) is 0 Å². The SMILES string of the molecule is COC(=O)C(NC1CCCCC1)C1CC=CCC1. The molecule has 0 heterocycles. The molecule has 2 aliphatic rings. The maximum Gasteiger partial charge on any atom is 0.323 e. The molecule has 0 aromatic carbocycles. The molecule has 2 rings (SSSR count). The number of allylic oxidation sites excluding steroid dienone is 2. The third kappa shape index (κ3) is 3.58. The van der Waals surface area contributed by atoms with Gasteiger partial charge in [0, 0.05) is 6.04 Å². The number of esters is 1. The summed E-state index contributed by atoms with van der Waals surface area (Å²) in [6.45, 7) is 0. The summed E-state index contributed by atoms with van der Waals surface area (Å²) in [5, 5.41) is 3.57. The van der Waals surface area contributed by atoms with Crippen molar-refractivity contribution in [1.29, 1.82) is 0 Å². The van der Waals surface area contributed by atoms with Crippen molar-refractivity contribution in [2.45, 2.75) is 63.5 Å². The number of hydrogen-bond acceptors (Lipinski definition) is 3. The molecule has 1 fully saturated rings. The molecule has 0 amide bonds. The summed E-state index contributed by atoms with van der Waals surface area (Å²) in [6, 6.07) is 0.400. The van der Waals surface area contributed by atoms with Gasteiger partial charge in [0.15, 0.2) is 0 Å². The van der Waals surface area contributed by atoms with Crippen molar-refractivity contribution in [1.82, 2.24) is 5.32 Å². The summed E-state index contributed by atoms with van der Waals surface area (Å²) in [7, 11) is 1.50. The van der Waals surface area contributed by atoms with Crippen molar-refractivity contribution >= 4 is 5.97 Å². The molecule has 3 heteroatoms. The van der Waals surface area contributed by atoms with Crippen LogP contribution in [0.4, 0.5) is 0 Å². The summed E-state index contributed by atoms with van der Waals surface area (Å²) < 4.78 is 4.98. The summed E-state index contributed by atoms with van der Waals surface area (Å²) in [5.74, 6) is 0.324. The Bertz CT molecular complexity index is 295. The first kappa shape index (κ1) is 13.6. The van der Waals surface area contributed by atoms with E-state index < -0.39 is 0 Å². The molecule has 3 nitrogen and oxygen atoms in total. The van der Waals surface area contributed by atoms with Gasteiger partial charge in [-0.1, -0.05) is 31.4 Å². The molecule has 1 N–H and O–H groups in total. The van der Waals surface area contributed by atoms with Crippen molar-refractivity contribution in [3.63, 3.8) is 0 Å². The Morgan fingerprint density at radius 1 is 1.22 bits per heavy atom. The highest BCUT2D eigenvalue weighted by Gasteiger charge is 2.31. The van der Waals surface area contributed by atoms with Gasteiger partial charge in [-0.25, -0.2) is 0 Å². The highest BCUT2D eigenvalue weighted by Crippen LogP contribution is 2.25. The van der Waals surface area contributed by atoms with Crippen molar-refractivity contribution in [3.8, 4) is 0 Å². The Morgan fingerprint density at radius 3 is 2.61 bits per heavy atom. The molecule has 18 heavy (non-hydrogen) atoms. The van der Waals surface area contributed by atoms with Crippen LogP contribution in [0.5, 0.6) is 0 Å². The lowest BCUT2D eigenvalue weighted by Gasteiger charge is -2.32. The summed E-state index contributed by atoms with van der Waals surface area (Å²) in [6.07, 6.45) is 13.9. The van der Waals surface area contributed by atoms with Gasteiger partial charge in [-0.3, -0.25) is 4.79 Å². The van der Waals surface area contributed by atoms with Gasteiger partial charge >= 0.3 is 5.97 Å². The highest BCUT2D eigenvalue weighted by atomic mass is 16.5. The second kappa shape index (κ2) is 6.93. The quantitative estimate of drug-likeness (QED) is 0.617. The molecule has 2 atom stereocenters. The third-order valence-corrected chi connectivity index (χ3v) is 4.26. The minimum absolute atomic E-state index is 0.0825. The van der Waals surface area contributed by atoms with Gasteiger partial charge in [-0.05, 0) is 38.0 Å². The van der Waals surface area contributed by atoms with Crippen LogP contribution in [0.15, 0.2) is 12.2 Å². The van der Waals surface area contributed by atoms with Gasteiger partial charge in [0.05, 0.1) is 7.11 Å². The molecule has 102 valence electrons. The van der Waals surface area contributed by atoms with E-state index in [1.165, 1.54) is 39.2 Å². The average molecular weight is 251 g/mol. The number of ether oxygens (including phenoxy) is 1. The fourth-order valence-electron chi connectivity index (χ4n) is 3.17. The zero-order valence-electron chi connectivity index (χ0n) is 11.4. The third-order valence-electron chi connectivity index (χ3n) is 4.26. The van der Waals surface area contributed by atoms with Gasteiger partial charge in [0.25, 0.3) is 0 Å². The number of nitrogens with one attached hydrogen (secondary N) is 1. The first-order chi connectivity index (χ1) is 8.81. The fraction of sp³-hybridized carbons (Fsp3) is 0.800. The normalized spacial score (nSPS) is 26.8. The molecule has 2 unspecified atom stereocenters. The van der Waals surface area contributed by atoms with Crippen molar-refractivity contribution in [3.05, 3.63) is 12.2 Å². The minimum Gasteiger partial charge on any atom is -0.468 e. The number of carbonyl (C=O) groups excluding carboxylic acids is 1. The zero-order valence-corrected chi connectivity index (χ0v) is 11.4. The Hall–Kier alpha value is -0.830. The second-order valence-electron chi connectivity index (χ2n) is 5.55. The molecule has 0 aliphatic heterocycles.